The molecule has 0 aromatic rings. The summed E-state index contributed by atoms with van der Waals surface area (Å²) >= 11 is 0. The van der Waals surface area contributed by atoms with Crippen LogP contribution in [0.4, 0.5) is 0 Å². The Hall–Kier alpha value is -0.820. The van der Waals surface area contributed by atoms with Gasteiger partial charge in [-0.2, -0.15) is 0 Å². The van der Waals surface area contributed by atoms with E-state index in [9.17, 15) is 5.11 Å². The van der Waals surface area contributed by atoms with Gasteiger partial charge in [-0.1, -0.05) is 62.6 Å². The molecule has 0 aliphatic rings. The maximum absolute atomic E-state index is 9.49. The Balaban J connectivity index is 3.54. The second kappa shape index (κ2) is 10.3. The Morgan fingerprint density at radius 1 is 1.07 bits per heavy atom. The van der Waals surface area contributed by atoms with Gasteiger partial charge in [-0.05, 0) is 13.3 Å². The van der Waals surface area contributed by atoms with E-state index in [0.717, 1.165) is 12.8 Å². The smallest absolute Gasteiger partial charge is 0.0723 e. The molecule has 14 heavy (non-hydrogen) atoms. The topological polar surface area (TPSA) is 20.2 Å². The van der Waals surface area contributed by atoms with E-state index in [1.165, 1.54) is 12.8 Å². The quantitative estimate of drug-likeness (QED) is 0.485. The van der Waals surface area contributed by atoms with Gasteiger partial charge in [-0.15, -0.1) is 0 Å². The Kier molecular flexibility index (Phi) is 9.66. The van der Waals surface area contributed by atoms with Crippen LogP contribution in [0, 0.1) is 0 Å². The summed E-state index contributed by atoms with van der Waals surface area (Å²) in [5, 5.41) is 9.49. The van der Waals surface area contributed by atoms with Crippen molar-refractivity contribution in [3.63, 3.8) is 0 Å². The molecular formula is C13H22O. The molecule has 0 aliphatic carbocycles. The first-order valence-corrected chi connectivity index (χ1v) is 5.45. The molecule has 1 heteroatoms. The fourth-order valence-corrected chi connectivity index (χ4v) is 1.13. The van der Waals surface area contributed by atoms with Gasteiger partial charge >= 0.3 is 0 Å². The van der Waals surface area contributed by atoms with Crippen molar-refractivity contribution in [3.8, 4) is 0 Å². The van der Waals surface area contributed by atoms with Crippen molar-refractivity contribution in [1.29, 1.82) is 0 Å². The van der Waals surface area contributed by atoms with Gasteiger partial charge in [0.25, 0.3) is 0 Å². The highest BCUT2D eigenvalue weighted by atomic mass is 16.3. The van der Waals surface area contributed by atoms with Crippen LogP contribution in [-0.4, -0.2) is 11.2 Å². The molecule has 0 aromatic heterocycles. The van der Waals surface area contributed by atoms with Gasteiger partial charge in [0.15, 0.2) is 0 Å². The summed E-state index contributed by atoms with van der Waals surface area (Å²) in [7, 11) is 0. The predicted molar refractivity (Wildman–Crippen MR) is 63.2 cm³/mol. The van der Waals surface area contributed by atoms with E-state index in [1.54, 1.807) is 0 Å². The maximum Gasteiger partial charge on any atom is 0.0723 e. The molecule has 0 fully saturated rings. The standard InChI is InChI=1S/C13H22O/c1-3-5-7-8-10-12-13(14)11-9-6-4-2/h3,5,7-8,10,12-14H,4,6,9,11H2,1-2H3/b5-3+,8-7+,12-10+/t13-/m1/s1. The van der Waals surface area contributed by atoms with Crippen LogP contribution in [0.5, 0.6) is 0 Å². The second-order valence-electron chi connectivity index (χ2n) is 3.36. The van der Waals surface area contributed by atoms with Crippen LogP contribution in [0.3, 0.4) is 0 Å². The van der Waals surface area contributed by atoms with Gasteiger partial charge in [0, 0.05) is 0 Å². The monoisotopic (exact) mass is 194 g/mol. The lowest BCUT2D eigenvalue weighted by Crippen LogP contribution is -2.00. The Morgan fingerprint density at radius 3 is 2.43 bits per heavy atom. The summed E-state index contributed by atoms with van der Waals surface area (Å²) in [4.78, 5) is 0. The zero-order valence-corrected chi connectivity index (χ0v) is 9.32. The average Bonchev–Trinajstić information content (AvgIpc) is 2.18. The molecule has 0 aromatic carbocycles. The number of aliphatic hydroxyl groups is 1. The van der Waals surface area contributed by atoms with Gasteiger partial charge in [-0.3, -0.25) is 0 Å². The third-order valence-corrected chi connectivity index (χ3v) is 1.96. The van der Waals surface area contributed by atoms with Crippen LogP contribution >= 0.6 is 0 Å². The van der Waals surface area contributed by atoms with E-state index in [4.69, 9.17) is 0 Å². The van der Waals surface area contributed by atoms with E-state index in [1.807, 2.05) is 43.4 Å². The minimum atomic E-state index is -0.281. The summed E-state index contributed by atoms with van der Waals surface area (Å²) in [6.45, 7) is 4.15. The summed E-state index contributed by atoms with van der Waals surface area (Å²) in [5.74, 6) is 0. The molecule has 0 bridgehead atoms. The first-order chi connectivity index (χ1) is 6.81. The summed E-state index contributed by atoms with van der Waals surface area (Å²) in [6, 6.07) is 0. The molecule has 0 saturated heterocycles. The van der Waals surface area contributed by atoms with Crippen molar-refractivity contribution < 1.29 is 5.11 Å². The molecule has 1 nitrogen and oxygen atoms in total. The molecule has 0 saturated carbocycles. The highest BCUT2D eigenvalue weighted by molar-refractivity contribution is 5.11. The van der Waals surface area contributed by atoms with Crippen molar-refractivity contribution in [2.24, 2.45) is 0 Å². The lowest BCUT2D eigenvalue weighted by Gasteiger charge is -2.02. The van der Waals surface area contributed by atoms with Crippen molar-refractivity contribution in [2.75, 3.05) is 0 Å². The van der Waals surface area contributed by atoms with Crippen LogP contribution in [0.15, 0.2) is 36.5 Å². The Bertz CT molecular complexity index is 189. The molecule has 0 unspecified atom stereocenters. The van der Waals surface area contributed by atoms with E-state index >= 15 is 0 Å². The third kappa shape index (κ3) is 9.27. The van der Waals surface area contributed by atoms with Crippen molar-refractivity contribution >= 4 is 0 Å². The zero-order valence-electron chi connectivity index (χ0n) is 9.32. The van der Waals surface area contributed by atoms with Gasteiger partial charge in [0.1, 0.15) is 0 Å². The van der Waals surface area contributed by atoms with E-state index in [2.05, 4.69) is 6.92 Å². The summed E-state index contributed by atoms with van der Waals surface area (Å²) < 4.78 is 0. The third-order valence-electron chi connectivity index (χ3n) is 1.96. The molecule has 0 amide bonds. The van der Waals surface area contributed by atoms with Crippen LogP contribution in [0.2, 0.25) is 0 Å². The van der Waals surface area contributed by atoms with E-state index in [0.29, 0.717) is 0 Å². The van der Waals surface area contributed by atoms with Crippen molar-refractivity contribution in [3.05, 3.63) is 36.5 Å². The molecule has 1 N–H and O–H groups in total. The minimum Gasteiger partial charge on any atom is -0.389 e. The number of aliphatic hydroxyl groups excluding tert-OH is 1. The first kappa shape index (κ1) is 13.2. The van der Waals surface area contributed by atoms with Crippen LogP contribution < -0.4 is 0 Å². The number of allylic oxidation sites excluding steroid dienone is 5. The lowest BCUT2D eigenvalue weighted by molar-refractivity contribution is 0.208. The highest BCUT2D eigenvalue weighted by Crippen LogP contribution is 2.04. The minimum absolute atomic E-state index is 0.281. The van der Waals surface area contributed by atoms with Gasteiger partial charge in [0.05, 0.1) is 6.10 Å². The SMILES string of the molecule is C/C=C/C=C/C=C/[C@H](O)CCCCC. The maximum atomic E-state index is 9.49. The Morgan fingerprint density at radius 2 is 1.79 bits per heavy atom. The fraction of sp³-hybridized carbons (Fsp3) is 0.538. The largest absolute Gasteiger partial charge is 0.389 e. The number of unbranched alkanes of at least 4 members (excludes halogenated alkanes) is 2. The van der Waals surface area contributed by atoms with Gasteiger partial charge < -0.3 is 5.11 Å². The van der Waals surface area contributed by atoms with Crippen molar-refractivity contribution in [2.45, 2.75) is 45.6 Å². The summed E-state index contributed by atoms with van der Waals surface area (Å²) in [5.41, 5.74) is 0. The zero-order chi connectivity index (χ0) is 10.6. The van der Waals surface area contributed by atoms with E-state index in [-0.39, 0.29) is 6.10 Å². The summed E-state index contributed by atoms with van der Waals surface area (Å²) in [6.07, 6.45) is 15.7. The molecule has 80 valence electrons. The van der Waals surface area contributed by atoms with Crippen molar-refractivity contribution in [1.82, 2.24) is 0 Å². The normalized spacial score (nSPS) is 14.8. The highest BCUT2D eigenvalue weighted by Gasteiger charge is 1.96. The molecule has 0 heterocycles. The number of hydrogen-bond acceptors (Lipinski definition) is 1. The predicted octanol–water partition coefficient (Wildman–Crippen LogP) is 3.62. The number of rotatable bonds is 7. The van der Waals surface area contributed by atoms with Crippen LogP contribution in [-0.2, 0) is 0 Å². The second-order valence-corrected chi connectivity index (χ2v) is 3.36. The molecule has 0 aliphatic heterocycles. The first-order valence-electron chi connectivity index (χ1n) is 5.45. The Labute approximate surface area is 87.8 Å². The average molecular weight is 194 g/mol. The molecule has 0 rings (SSSR count). The van der Waals surface area contributed by atoms with Gasteiger partial charge in [0.2, 0.25) is 0 Å². The van der Waals surface area contributed by atoms with Gasteiger partial charge in [-0.25, -0.2) is 0 Å². The lowest BCUT2D eigenvalue weighted by atomic mass is 10.1. The van der Waals surface area contributed by atoms with Crippen LogP contribution in [0.25, 0.3) is 0 Å². The molecular weight excluding hydrogens is 172 g/mol. The van der Waals surface area contributed by atoms with E-state index < -0.39 is 0 Å². The number of hydrogen-bond donors (Lipinski definition) is 1. The van der Waals surface area contributed by atoms with Crippen LogP contribution in [0.1, 0.15) is 39.5 Å². The molecule has 0 radical (unpaired) electrons. The molecule has 0 spiro atoms. The molecule has 1 atom stereocenters. The fourth-order valence-electron chi connectivity index (χ4n) is 1.13.